The molecule has 1 heterocycles. The van der Waals surface area contributed by atoms with Gasteiger partial charge >= 0.3 is 0 Å². The number of rotatable bonds is 7. The molecule has 2 rings (SSSR count). The molecule has 2 N–H and O–H groups in total. The summed E-state index contributed by atoms with van der Waals surface area (Å²) in [6.45, 7) is 0.728. The van der Waals surface area contributed by atoms with Gasteiger partial charge in [0, 0.05) is 12.7 Å². The maximum atomic E-state index is 12.1. The van der Waals surface area contributed by atoms with Gasteiger partial charge in [0.1, 0.15) is 4.90 Å². The summed E-state index contributed by atoms with van der Waals surface area (Å²) in [5.74, 6) is 0.656. The zero-order valence-electron chi connectivity index (χ0n) is 11.7. The molecule has 6 nitrogen and oxygen atoms in total. The lowest BCUT2D eigenvalue weighted by atomic mass is 9.87. The Labute approximate surface area is 120 Å². The van der Waals surface area contributed by atoms with E-state index in [9.17, 15) is 8.42 Å². The van der Waals surface area contributed by atoms with Crippen molar-refractivity contribution in [2.75, 3.05) is 13.2 Å². The van der Waals surface area contributed by atoms with Crippen LogP contribution in [0.25, 0.3) is 0 Å². The summed E-state index contributed by atoms with van der Waals surface area (Å²) in [6.07, 6.45) is 9.96. The van der Waals surface area contributed by atoms with Gasteiger partial charge in [0.05, 0.1) is 19.3 Å². The fourth-order valence-corrected chi connectivity index (χ4v) is 3.66. The predicted molar refractivity (Wildman–Crippen MR) is 75.7 cm³/mol. The van der Waals surface area contributed by atoms with E-state index in [0.717, 1.165) is 6.42 Å². The minimum Gasteiger partial charge on any atom is -0.394 e. The zero-order valence-corrected chi connectivity index (χ0v) is 12.5. The van der Waals surface area contributed by atoms with E-state index in [0.29, 0.717) is 19.0 Å². The van der Waals surface area contributed by atoms with Crippen LogP contribution in [0, 0.1) is 5.92 Å². The Hall–Kier alpha value is -0.920. The molecule has 1 aliphatic carbocycles. The van der Waals surface area contributed by atoms with Crippen LogP contribution in [0.5, 0.6) is 0 Å². The van der Waals surface area contributed by atoms with Gasteiger partial charge in [0.15, 0.2) is 0 Å². The van der Waals surface area contributed by atoms with Gasteiger partial charge < -0.3 is 5.11 Å². The standard InChI is InChI=1S/C13H23N3O3S/c17-9-8-16-11-13(10-14-16)20(18,19)15-7-6-12-4-2-1-3-5-12/h10-12,15,17H,1-9H2. The number of sulfonamides is 1. The minimum atomic E-state index is -3.47. The second-order valence-corrected chi connectivity index (χ2v) is 7.12. The highest BCUT2D eigenvalue weighted by atomic mass is 32.2. The van der Waals surface area contributed by atoms with Crippen molar-refractivity contribution in [3.63, 3.8) is 0 Å². The highest BCUT2D eigenvalue weighted by Crippen LogP contribution is 2.25. The average Bonchev–Trinajstić information content (AvgIpc) is 2.90. The molecule has 0 bridgehead atoms. The van der Waals surface area contributed by atoms with Crippen LogP contribution >= 0.6 is 0 Å². The van der Waals surface area contributed by atoms with E-state index >= 15 is 0 Å². The molecule has 0 spiro atoms. The molecule has 20 heavy (non-hydrogen) atoms. The van der Waals surface area contributed by atoms with Crippen LogP contribution in [0.1, 0.15) is 38.5 Å². The van der Waals surface area contributed by atoms with Gasteiger partial charge in [-0.1, -0.05) is 32.1 Å². The highest BCUT2D eigenvalue weighted by Gasteiger charge is 2.18. The lowest BCUT2D eigenvalue weighted by Crippen LogP contribution is -2.26. The summed E-state index contributed by atoms with van der Waals surface area (Å²) < 4.78 is 28.2. The van der Waals surface area contributed by atoms with Gasteiger partial charge in [0.25, 0.3) is 0 Å². The smallest absolute Gasteiger partial charge is 0.243 e. The first kappa shape index (κ1) is 15.5. The molecule has 0 amide bonds. The van der Waals surface area contributed by atoms with Crippen molar-refractivity contribution in [2.24, 2.45) is 5.92 Å². The van der Waals surface area contributed by atoms with E-state index in [1.807, 2.05) is 0 Å². The summed E-state index contributed by atoms with van der Waals surface area (Å²) in [5.41, 5.74) is 0. The van der Waals surface area contributed by atoms with Crippen LogP contribution in [0.15, 0.2) is 17.3 Å². The van der Waals surface area contributed by atoms with E-state index < -0.39 is 10.0 Å². The Morgan fingerprint density at radius 1 is 1.35 bits per heavy atom. The van der Waals surface area contributed by atoms with Gasteiger partial charge in [-0.3, -0.25) is 4.68 Å². The Morgan fingerprint density at radius 2 is 2.10 bits per heavy atom. The highest BCUT2D eigenvalue weighted by molar-refractivity contribution is 7.89. The first-order valence-corrected chi connectivity index (χ1v) is 8.73. The molecule has 0 unspecified atom stereocenters. The maximum Gasteiger partial charge on any atom is 0.243 e. The van der Waals surface area contributed by atoms with Crippen LogP contribution < -0.4 is 4.72 Å². The van der Waals surface area contributed by atoms with E-state index in [1.165, 1.54) is 49.2 Å². The Morgan fingerprint density at radius 3 is 2.80 bits per heavy atom. The molecule has 0 radical (unpaired) electrons. The molecule has 1 aliphatic rings. The lowest BCUT2D eigenvalue weighted by Gasteiger charge is -2.21. The number of aromatic nitrogens is 2. The van der Waals surface area contributed by atoms with Crippen molar-refractivity contribution in [2.45, 2.75) is 50.0 Å². The minimum absolute atomic E-state index is 0.0592. The van der Waals surface area contributed by atoms with Crippen LogP contribution in [-0.2, 0) is 16.6 Å². The summed E-state index contributed by atoms with van der Waals surface area (Å²) in [5, 5.41) is 12.7. The molecule has 114 valence electrons. The van der Waals surface area contributed by atoms with E-state index in [4.69, 9.17) is 5.11 Å². The monoisotopic (exact) mass is 301 g/mol. The van der Waals surface area contributed by atoms with Crippen molar-refractivity contribution >= 4 is 10.0 Å². The third kappa shape index (κ3) is 4.29. The van der Waals surface area contributed by atoms with Crippen molar-refractivity contribution in [1.29, 1.82) is 0 Å². The van der Waals surface area contributed by atoms with Crippen molar-refractivity contribution in [1.82, 2.24) is 14.5 Å². The molecule has 7 heteroatoms. The number of nitrogens with one attached hydrogen (secondary N) is 1. The van der Waals surface area contributed by atoms with Gasteiger partial charge in [-0.05, 0) is 12.3 Å². The molecule has 0 atom stereocenters. The number of hydrogen-bond donors (Lipinski definition) is 2. The van der Waals surface area contributed by atoms with Crippen LogP contribution in [0.4, 0.5) is 0 Å². The van der Waals surface area contributed by atoms with Crippen LogP contribution in [0.2, 0.25) is 0 Å². The first-order chi connectivity index (χ1) is 9.62. The predicted octanol–water partition coefficient (Wildman–Crippen LogP) is 1.12. The quantitative estimate of drug-likeness (QED) is 0.790. The number of nitrogens with zero attached hydrogens (tertiary/aromatic N) is 2. The maximum absolute atomic E-state index is 12.1. The molecule has 0 aromatic carbocycles. The fourth-order valence-electron chi connectivity index (χ4n) is 2.66. The molecule has 0 saturated heterocycles. The third-order valence-corrected chi connectivity index (χ3v) is 5.23. The number of hydrogen-bond acceptors (Lipinski definition) is 4. The zero-order chi connectivity index (χ0) is 14.4. The van der Waals surface area contributed by atoms with Gasteiger partial charge in [-0.15, -0.1) is 0 Å². The molecule has 1 saturated carbocycles. The summed E-state index contributed by atoms with van der Waals surface area (Å²) >= 11 is 0. The third-order valence-electron chi connectivity index (χ3n) is 3.82. The Kier molecular flexibility index (Phi) is 5.56. The topological polar surface area (TPSA) is 84.2 Å². The Bertz CT molecular complexity index is 507. The van der Waals surface area contributed by atoms with Crippen LogP contribution in [0.3, 0.4) is 0 Å². The number of aliphatic hydroxyl groups is 1. The van der Waals surface area contributed by atoms with E-state index in [-0.39, 0.29) is 11.5 Å². The van der Waals surface area contributed by atoms with Crippen molar-refractivity contribution in [3.8, 4) is 0 Å². The molecule has 1 aromatic heterocycles. The van der Waals surface area contributed by atoms with Crippen LogP contribution in [-0.4, -0.2) is 36.5 Å². The summed E-state index contributed by atoms with van der Waals surface area (Å²) in [7, 11) is -3.47. The number of aliphatic hydroxyl groups excluding tert-OH is 1. The Balaban J connectivity index is 1.83. The van der Waals surface area contributed by atoms with E-state index in [2.05, 4.69) is 9.82 Å². The SMILES string of the molecule is O=S(=O)(NCCC1CCCCC1)c1cnn(CCO)c1. The summed E-state index contributed by atoms with van der Waals surface area (Å²) in [6, 6.07) is 0. The molecule has 1 fully saturated rings. The normalized spacial score (nSPS) is 17.4. The average molecular weight is 301 g/mol. The van der Waals surface area contributed by atoms with Crippen molar-refractivity contribution < 1.29 is 13.5 Å². The largest absolute Gasteiger partial charge is 0.394 e. The lowest BCUT2D eigenvalue weighted by molar-refractivity contribution is 0.269. The fraction of sp³-hybridized carbons (Fsp3) is 0.769. The molecular formula is C13H23N3O3S. The second kappa shape index (κ2) is 7.19. The second-order valence-electron chi connectivity index (χ2n) is 5.35. The first-order valence-electron chi connectivity index (χ1n) is 7.25. The molecule has 0 aliphatic heterocycles. The summed E-state index contributed by atoms with van der Waals surface area (Å²) in [4.78, 5) is 0.162. The van der Waals surface area contributed by atoms with Crippen molar-refractivity contribution in [3.05, 3.63) is 12.4 Å². The van der Waals surface area contributed by atoms with Gasteiger partial charge in [-0.25, -0.2) is 13.1 Å². The van der Waals surface area contributed by atoms with E-state index in [1.54, 1.807) is 0 Å². The molecular weight excluding hydrogens is 278 g/mol. The molecule has 1 aromatic rings. The van der Waals surface area contributed by atoms with Gasteiger partial charge in [-0.2, -0.15) is 5.10 Å². The van der Waals surface area contributed by atoms with Gasteiger partial charge in [0.2, 0.25) is 10.0 Å².